The van der Waals surface area contributed by atoms with E-state index < -0.39 is 17.9 Å². The van der Waals surface area contributed by atoms with Gasteiger partial charge >= 0.3 is 6.09 Å². The number of imide groups is 1. The molecule has 8 nitrogen and oxygen atoms in total. The van der Waals surface area contributed by atoms with Gasteiger partial charge in [-0.3, -0.25) is 14.9 Å². The number of carbonyl (C=O) groups is 3. The van der Waals surface area contributed by atoms with E-state index in [0.717, 1.165) is 9.58 Å². The number of thiophene rings is 1. The van der Waals surface area contributed by atoms with Crippen molar-refractivity contribution >= 4 is 55.9 Å². The van der Waals surface area contributed by atoms with Crippen LogP contribution in [0.25, 0.3) is 10.3 Å². The zero-order valence-corrected chi connectivity index (χ0v) is 15.5. The van der Waals surface area contributed by atoms with E-state index in [4.69, 9.17) is 4.74 Å². The number of aryl methyl sites for hydroxylation is 1. The van der Waals surface area contributed by atoms with Gasteiger partial charge in [0.2, 0.25) is 0 Å². The molecule has 0 aliphatic rings. The van der Waals surface area contributed by atoms with Crippen LogP contribution in [0.1, 0.15) is 32.0 Å². The quantitative estimate of drug-likeness (QED) is 0.708. The lowest BCUT2D eigenvalue weighted by Crippen LogP contribution is -2.31. The minimum Gasteiger partial charge on any atom is -0.450 e. The van der Waals surface area contributed by atoms with Crippen molar-refractivity contribution in [2.24, 2.45) is 0 Å². The Hall–Kier alpha value is -2.85. The molecular formula is C16H14N4O4S2. The summed E-state index contributed by atoms with van der Waals surface area (Å²) >= 11 is 2.44. The summed E-state index contributed by atoms with van der Waals surface area (Å²) in [7, 11) is 0. The summed E-state index contributed by atoms with van der Waals surface area (Å²) in [6.45, 7) is 3.58. The van der Waals surface area contributed by atoms with Gasteiger partial charge in [0.1, 0.15) is 5.00 Å². The summed E-state index contributed by atoms with van der Waals surface area (Å²) in [5.74, 6) is -1.09. The first kappa shape index (κ1) is 18.0. The number of rotatable bonds is 4. The minimum atomic E-state index is -0.837. The Labute approximate surface area is 156 Å². The summed E-state index contributed by atoms with van der Waals surface area (Å²) < 4.78 is 5.49. The average Bonchev–Trinajstić information content (AvgIpc) is 3.18. The predicted molar refractivity (Wildman–Crippen MR) is 98.9 cm³/mol. The lowest BCUT2D eigenvalue weighted by molar-refractivity contribution is 0.0926. The third kappa shape index (κ3) is 3.86. The molecule has 0 unspecified atom stereocenters. The molecule has 3 heterocycles. The molecule has 0 bridgehead atoms. The zero-order chi connectivity index (χ0) is 18.7. The molecule has 0 saturated heterocycles. The van der Waals surface area contributed by atoms with Crippen LogP contribution >= 0.6 is 22.7 Å². The normalized spacial score (nSPS) is 10.5. The highest BCUT2D eigenvalue weighted by atomic mass is 32.1. The highest BCUT2D eigenvalue weighted by molar-refractivity contribution is 7.20. The number of hydrogen-bond acceptors (Lipinski definition) is 8. The number of fused-ring (bicyclic) bond motifs is 1. The number of carbonyl (C=O) groups excluding carboxylic acids is 3. The van der Waals surface area contributed by atoms with Gasteiger partial charge in [0.25, 0.3) is 11.8 Å². The van der Waals surface area contributed by atoms with Crippen molar-refractivity contribution in [3.05, 3.63) is 39.8 Å². The number of thiazole rings is 1. The second kappa shape index (κ2) is 7.58. The lowest BCUT2D eigenvalue weighted by Gasteiger charge is -2.05. The first-order valence-corrected chi connectivity index (χ1v) is 9.22. The summed E-state index contributed by atoms with van der Waals surface area (Å²) in [6.07, 6.45) is 0.764. The predicted octanol–water partition coefficient (Wildman–Crippen LogP) is 3.20. The smallest absolute Gasteiger partial charge is 0.414 e. The van der Waals surface area contributed by atoms with Crippen LogP contribution in [-0.4, -0.2) is 34.5 Å². The molecule has 0 saturated carbocycles. The number of hydrogen-bond donors (Lipinski definition) is 2. The summed E-state index contributed by atoms with van der Waals surface area (Å²) in [6, 6.07) is 5.18. The van der Waals surface area contributed by atoms with Crippen molar-refractivity contribution in [3.63, 3.8) is 0 Å². The SMILES string of the molecule is CCOC(=O)NC(=O)c1cc(C)sc1NC(=O)c1nc2ncccc2s1. The molecule has 3 rings (SSSR count). The molecule has 0 radical (unpaired) electrons. The molecule has 0 aliphatic carbocycles. The molecule has 0 aliphatic heterocycles. The van der Waals surface area contributed by atoms with E-state index in [1.54, 1.807) is 32.2 Å². The maximum Gasteiger partial charge on any atom is 0.414 e. The molecule has 10 heteroatoms. The van der Waals surface area contributed by atoms with Gasteiger partial charge in [-0.1, -0.05) is 0 Å². The van der Waals surface area contributed by atoms with Crippen molar-refractivity contribution in [1.82, 2.24) is 15.3 Å². The van der Waals surface area contributed by atoms with Crippen LogP contribution < -0.4 is 10.6 Å². The fraction of sp³-hybridized carbons (Fsp3) is 0.188. The van der Waals surface area contributed by atoms with Crippen molar-refractivity contribution in [3.8, 4) is 0 Å². The van der Waals surface area contributed by atoms with Crippen LogP contribution in [-0.2, 0) is 4.74 Å². The van der Waals surface area contributed by atoms with Gasteiger partial charge in [-0.15, -0.1) is 22.7 Å². The highest BCUT2D eigenvalue weighted by Crippen LogP contribution is 2.29. The van der Waals surface area contributed by atoms with E-state index in [2.05, 4.69) is 20.6 Å². The minimum absolute atomic E-state index is 0.150. The fourth-order valence-electron chi connectivity index (χ4n) is 2.13. The van der Waals surface area contributed by atoms with E-state index in [1.807, 2.05) is 6.07 Å². The molecule has 0 spiro atoms. The van der Waals surface area contributed by atoms with Gasteiger partial charge in [-0.2, -0.15) is 0 Å². The highest BCUT2D eigenvalue weighted by Gasteiger charge is 2.21. The molecule has 2 N–H and O–H groups in total. The molecule has 134 valence electrons. The number of nitrogens with zero attached hydrogens (tertiary/aromatic N) is 2. The van der Waals surface area contributed by atoms with Crippen molar-refractivity contribution < 1.29 is 19.1 Å². The third-order valence-corrected chi connectivity index (χ3v) is 5.15. The first-order chi connectivity index (χ1) is 12.5. The Morgan fingerprint density at radius 3 is 2.77 bits per heavy atom. The molecule has 3 amide bonds. The van der Waals surface area contributed by atoms with Gasteiger partial charge in [0.15, 0.2) is 10.7 Å². The van der Waals surface area contributed by atoms with Gasteiger partial charge in [-0.25, -0.2) is 14.8 Å². The average molecular weight is 390 g/mol. The monoisotopic (exact) mass is 390 g/mol. The Balaban J connectivity index is 1.80. The largest absolute Gasteiger partial charge is 0.450 e. The van der Waals surface area contributed by atoms with Crippen molar-refractivity contribution in [1.29, 1.82) is 0 Å². The second-order valence-corrected chi connectivity index (χ2v) is 7.36. The maximum absolute atomic E-state index is 12.5. The second-order valence-electron chi connectivity index (χ2n) is 5.07. The Morgan fingerprint density at radius 2 is 2.04 bits per heavy atom. The summed E-state index contributed by atoms with van der Waals surface area (Å²) in [5.41, 5.74) is 0.679. The summed E-state index contributed by atoms with van der Waals surface area (Å²) in [5, 5.41) is 5.37. The van der Waals surface area contributed by atoms with Gasteiger partial charge < -0.3 is 10.1 Å². The van der Waals surface area contributed by atoms with Crippen LogP contribution in [0.5, 0.6) is 0 Å². The number of amides is 3. The van der Waals surface area contributed by atoms with Crippen LogP contribution in [0, 0.1) is 6.92 Å². The van der Waals surface area contributed by atoms with Crippen LogP contribution in [0.4, 0.5) is 9.80 Å². The van der Waals surface area contributed by atoms with E-state index in [1.165, 1.54) is 22.7 Å². The number of ether oxygens (including phenoxy) is 1. The van der Waals surface area contributed by atoms with Gasteiger partial charge in [0, 0.05) is 11.1 Å². The van der Waals surface area contributed by atoms with Gasteiger partial charge in [-0.05, 0) is 32.0 Å². The number of nitrogens with one attached hydrogen (secondary N) is 2. The van der Waals surface area contributed by atoms with Crippen LogP contribution in [0.3, 0.4) is 0 Å². The lowest BCUT2D eigenvalue weighted by atomic mass is 10.2. The number of alkyl carbamates (subject to hydrolysis) is 1. The van der Waals surface area contributed by atoms with E-state index >= 15 is 0 Å². The molecule has 3 aromatic heterocycles. The van der Waals surface area contributed by atoms with Crippen molar-refractivity contribution in [2.45, 2.75) is 13.8 Å². The molecule has 26 heavy (non-hydrogen) atoms. The third-order valence-electron chi connectivity index (χ3n) is 3.18. The maximum atomic E-state index is 12.5. The van der Waals surface area contributed by atoms with E-state index in [-0.39, 0.29) is 17.2 Å². The molecule has 0 aromatic carbocycles. The molecule has 0 atom stereocenters. The molecule has 0 fully saturated rings. The van der Waals surface area contributed by atoms with E-state index in [0.29, 0.717) is 10.6 Å². The fourth-order valence-corrected chi connectivity index (χ4v) is 3.85. The van der Waals surface area contributed by atoms with Crippen LogP contribution in [0.2, 0.25) is 0 Å². The Bertz CT molecular complexity index is 962. The standard InChI is InChI=1S/C16H14N4O4S2/c1-3-24-16(23)20-12(21)9-7-8(2)25-14(9)19-13(22)15-18-11-10(26-15)5-4-6-17-11/h4-7H,3H2,1-2H3,(H,19,22)(H,20,21,23). The topological polar surface area (TPSA) is 110 Å². The number of aromatic nitrogens is 2. The zero-order valence-electron chi connectivity index (χ0n) is 13.9. The Morgan fingerprint density at radius 1 is 1.23 bits per heavy atom. The van der Waals surface area contributed by atoms with Gasteiger partial charge in [0.05, 0.1) is 16.9 Å². The number of anilines is 1. The molecule has 3 aromatic rings. The first-order valence-electron chi connectivity index (χ1n) is 7.59. The van der Waals surface area contributed by atoms with E-state index in [9.17, 15) is 14.4 Å². The summed E-state index contributed by atoms with van der Waals surface area (Å²) in [4.78, 5) is 45.3. The number of pyridine rings is 1. The van der Waals surface area contributed by atoms with Crippen molar-refractivity contribution in [2.75, 3.05) is 11.9 Å². The van der Waals surface area contributed by atoms with Crippen LogP contribution in [0.15, 0.2) is 24.4 Å². The Kier molecular flexibility index (Phi) is 5.24. The molecular weight excluding hydrogens is 376 g/mol.